The Morgan fingerprint density at radius 2 is 2.47 bits per heavy atom. The van der Waals surface area contributed by atoms with E-state index in [0.717, 1.165) is 0 Å². The number of hydrogen-bond acceptors (Lipinski definition) is 5. The molecular formula is C12H17NO4. The number of ether oxygens (including phenoxy) is 1. The van der Waals surface area contributed by atoms with Gasteiger partial charge in [-0.1, -0.05) is 0 Å². The Bertz CT molecular complexity index is 363. The van der Waals surface area contributed by atoms with E-state index in [4.69, 9.17) is 14.3 Å². The molecule has 0 radical (unpaired) electrons. The van der Waals surface area contributed by atoms with E-state index >= 15 is 0 Å². The molecular weight excluding hydrogens is 222 g/mol. The molecule has 0 spiro atoms. The molecule has 0 aliphatic carbocycles. The zero-order valence-corrected chi connectivity index (χ0v) is 9.83. The number of Topliss-reactive ketones (excluding diaryl/α,β-unsaturated/α-hetero) is 1. The predicted molar refractivity (Wildman–Crippen MR) is 60.9 cm³/mol. The Balaban J connectivity index is 1.95. The zero-order valence-electron chi connectivity index (χ0n) is 9.83. The quantitative estimate of drug-likeness (QED) is 0.777. The molecule has 5 heteroatoms. The van der Waals surface area contributed by atoms with Crippen molar-refractivity contribution in [2.45, 2.75) is 19.1 Å². The fourth-order valence-corrected chi connectivity index (χ4v) is 1.91. The van der Waals surface area contributed by atoms with Crippen LogP contribution < -0.4 is 0 Å². The maximum Gasteiger partial charge on any atom is 0.211 e. The number of carbonyl (C=O) groups excluding carboxylic acids is 1. The number of aliphatic hydroxyl groups excluding tert-OH is 1. The van der Waals surface area contributed by atoms with Crippen LogP contribution in [0.15, 0.2) is 22.8 Å². The van der Waals surface area contributed by atoms with Crippen molar-refractivity contribution < 1.29 is 19.1 Å². The van der Waals surface area contributed by atoms with Crippen molar-refractivity contribution in [3.8, 4) is 0 Å². The number of hydrogen-bond donors (Lipinski definition) is 1. The number of nitrogens with zero attached hydrogens (tertiary/aromatic N) is 1. The van der Waals surface area contributed by atoms with Crippen molar-refractivity contribution in [3.05, 3.63) is 24.2 Å². The smallest absolute Gasteiger partial charge is 0.211 e. The summed E-state index contributed by atoms with van der Waals surface area (Å²) in [5.74, 6) is 0.338. The lowest BCUT2D eigenvalue weighted by atomic mass is 10.1. The number of furan rings is 1. The lowest BCUT2D eigenvalue weighted by molar-refractivity contribution is -0.0749. The van der Waals surface area contributed by atoms with Gasteiger partial charge in [0.25, 0.3) is 0 Å². The van der Waals surface area contributed by atoms with Crippen molar-refractivity contribution in [3.63, 3.8) is 0 Å². The van der Waals surface area contributed by atoms with Crippen molar-refractivity contribution in [2.75, 3.05) is 26.3 Å². The first-order valence-corrected chi connectivity index (χ1v) is 5.74. The van der Waals surface area contributed by atoms with Gasteiger partial charge < -0.3 is 14.3 Å². The summed E-state index contributed by atoms with van der Waals surface area (Å²) in [5, 5.41) is 9.06. The number of rotatable bonds is 4. The lowest BCUT2D eigenvalue weighted by Crippen LogP contribution is -2.51. The van der Waals surface area contributed by atoms with Crippen LogP contribution in [0.25, 0.3) is 0 Å². The molecule has 1 aromatic heterocycles. The summed E-state index contributed by atoms with van der Waals surface area (Å²) in [5.41, 5.74) is 0. The summed E-state index contributed by atoms with van der Waals surface area (Å²) in [4.78, 5) is 13.9. The van der Waals surface area contributed by atoms with E-state index in [9.17, 15) is 4.79 Å². The third-order valence-corrected chi connectivity index (χ3v) is 2.98. The fraction of sp³-hybridized carbons (Fsp3) is 0.583. The Labute approximate surface area is 100.0 Å². The third-order valence-electron chi connectivity index (χ3n) is 2.98. The van der Waals surface area contributed by atoms with Crippen LogP contribution in [0.2, 0.25) is 0 Å². The molecule has 1 fully saturated rings. The molecule has 1 aliphatic heterocycles. The summed E-state index contributed by atoms with van der Waals surface area (Å²) in [7, 11) is 0. The highest BCUT2D eigenvalue weighted by atomic mass is 16.5. The summed E-state index contributed by atoms with van der Waals surface area (Å²) in [6, 6.07) is 3.54. The van der Waals surface area contributed by atoms with E-state index in [2.05, 4.69) is 0 Å². The standard InChI is InChI=1S/C12H17NO4/c1-9-8-17-10(7-14)5-13(9)6-11(15)12-3-2-4-16-12/h2-4,9-10,14H,5-8H2,1H3. The summed E-state index contributed by atoms with van der Waals surface area (Å²) in [6.45, 7) is 3.40. The SMILES string of the molecule is CC1COC(CO)CN1CC(=O)c1ccco1. The Morgan fingerprint density at radius 1 is 1.65 bits per heavy atom. The molecule has 5 nitrogen and oxygen atoms in total. The molecule has 1 saturated heterocycles. The molecule has 17 heavy (non-hydrogen) atoms. The van der Waals surface area contributed by atoms with E-state index < -0.39 is 0 Å². The number of morpholine rings is 1. The second-order valence-electron chi connectivity index (χ2n) is 4.32. The van der Waals surface area contributed by atoms with Gasteiger partial charge in [0.2, 0.25) is 5.78 Å². The minimum absolute atomic E-state index is 0.0157. The molecule has 0 aromatic carbocycles. The summed E-state index contributed by atoms with van der Waals surface area (Å²) >= 11 is 0. The zero-order chi connectivity index (χ0) is 12.3. The van der Waals surface area contributed by atoms with Gasteiger partial charge in [0.15, 0.2) is 5.76 Å². The van der Waals surface area contributed by atoms with Crippen LogP contribution in [0, 0.1) is 0 Å². The minimum Gasteiger partial charge on any atom is -0.461 e. The highest BCUT2D eigenvalue weighted by molar-refractivity contribution is 5.95. The topological polar surface area (TPSA) is 62.9 Å². The highest BCUT2D eigenvalue weighted by Crippen LogP contribution is 2.12. The van der Waals surface area contributed by atoms with E-state index in [0.29, 0.717) is 25.5 Å². The van der Waals surface area contributed by atoms with Gasteiger partial charge in [0.1, 0.15) is 0 Å². The highest BCUT2D eigenvalue weighted by Gasteiger charge is 2.27. The fourth-order valence-electron chi connectivity index (χ4n) is 1.91. The number of ketones is 1. The average molecular weight is 239 g/mol. The minimum atomic E-state index is -0.199. The largest absolute Gasteiger partial charge is 0.461 e. The van der Waals surface area contributed by atoms with Crippen LogP contribution in [0.1, 0.15) is 17.5 Å². The molecule has 0 amide bonds. The van der Waals surface area contributed by atoms with Crippen molar-refractivity contribution in [1.82, 2.24) is 4.90 Å². The normalized spacial score (nSPS) is 26.0. The van der Waals surface area contributed by atoms with E-state index in [1.807, 2.05) is 11.8 Å². The van der Waals surface area contributed by atoms with Crippen LogP contribution in [-0.2, 0) is 4.74 Å². The van der Waals surface area contributed by atoms with E-state index in [-0.39, 0.29) is 24.5 Å². The van der Waals surface area contributed by atoms with E-state index in [1.54, 1.807) is 12.1 Å². The van der Waals surface area contributed by atoms with Crippen LogP contribution >= 0.6 is 0 Å². The van der Waals surface area contributed by atoms with E-state index in [1.165, 1.54) is 6.26 Å². The molecule has 1 N–H and O–H groups in total. The molecule has 0 saturated carbocycles. The van der Waals surface area contributed by atoms with Crippen molar-refractivity contribution in [1.29, 1.82) is 0 Å². The van der Waals surface area contributed by atoms with Crippen LogP contribution in [0.5, 0.6) is 0 Å². The number of carbonyl (C=O) groups is 1. The summed E-state index contributed by atoms with van der Waals surface area (Å²) in [6.07, 6.45) is 1.29. The first kappa shape index (κ1) is 12.3. The molecule has 0 bridgehead atoms. The Hall–Kier alpha value is -1.17. The third kappa shape index (κ3) is 2.94. The van der Waals surface area contributed by atoms with Crippen molar-refractivity contribution in [2.24, 2.45) is 0 Å². The monoisotopic (exact) mass is 239 g/mol. The number of aliphatic hydroxyl groups is 1. The Morgan fingerprint density at radius 3 is 3.12 bits per heavy atom. The molecule has 2 heterocycles. The second-order valence-corrected chi connectivity index (χ2v) is 4.32. The first-order valence-electron chi connectivity index (χ1n) is 5.74. The van der Waals surface area contributed by atoms with Gasteiger partial charge in [-0.05, 0) is 19.1 Å². The molecule has 2 rings (SSSR count). The molecule has 2 unspecified atom stereocenters. The van der Waals surface area contributed by atoms with Gasteiger partial charge in [-0.3, -0.25) is 9.69 Å². The summed E-state index contributed by atoms with van der Waals surface area (Å²) < 4.78 is 10.5. The molecule has 2 atom stereocenters. The van der Waals surface area contributed by atoms with Crippen molar-refractivity contribution >= 4 is 5.78 Å². The van der Waals surface area contributed by atoms with Crippen LogP contribution in [-0.4, -0.2) is 54.2 Å². The maximum absolute atomic E-state index is 11.9. The average Bonchev–Trinajstić information content (AvgIpc) is 2.85. The van der Waals surface area contributed by atoms with Gasteiger partial charge in [0, 0.05) is 12.6 Å². The first-order chi connectivity index (χ1) is 8.20. The van der Waals surface area contributed by atoms with Gasteiger partial charge in [0.05, 0.1) is 32.1 Å². The Kier molecular flexibility index (Phi) is 3.93. The predicted octanol–water partition coefficient (Wildman–Crippen LogP) is 0.544. The van der Waals surface area contributed by atoms with Gasteiger partial charge in [-0.25, -0.2) is 0 Å². The lowest BCUT2D eigenvalue weighted by Gasteiger charge is -2.36. The maximum atomic E-state index is 11.9. The van der Waals surface area contributed by atoms with Crippen LogP contribution in [0.3, 0.4) is 0 Å². The molecule has 1 aliphatic rings. The van der Waals surface area contributed by atoms with Gasteiger partial charge >= 0.3 is 0 Å². The van der Waals surface area contributed by atoms with Gasteiger partial charge in [-0.15, -0.1) is 0 Å². The molecule has 1 aromatic rings. The van der Waals surface area contributed by atoms with Gasteiger partial charge in [-0.2, -0.15) is 0 Å². The second kappa shape index (κ2) is 5.44. The van der Waals surface area contributed by atoms with Crippen LogP contribution in [0.4, 0.5) is 0 Å². The molecule has 94 valence electrons.